The van der Waals surface area contributed by atoms with Crippen LogP contribution in [0, 0.1) is 5.92 Å². The number of carbonyl (C=O) groups is 2. The number of hydrogen-bond donors (Lipinski definition) is 0. The van der Waals surface area contributed by atoms with Gasteiger partial charge in [0.25, 0.3) is 0 Å². The van der Waals surface area contributed by atoms with E-state index in [2.05, 4.69) is 28.3 Å². The highest BCUT2D eigenvalue weighted by molar-refractivity contribution is 6.31. The molecule has 4 rings (SSSR count). The molecule has 0 radical (unpaired) electrons. The van der Waals surface area contributed by atoms with Gasteiger partial charge < -0.3 is 14.4 Å². The highest BCUT2D eigenvalue weighted by atomic mass is 35.5. The SMILES string of the molecule is CCN(C)C/C=C/C(=O)N1Cc2ncc(C(C)=O)n2C(C2CC2)C1.CCc1ccccc1Cl. The number of benzene rings is 1. The molecular formula is C26H35ClN4O2. The fourth-order valence-corrected chi connectivity index (χ4v) is 4.32. The Kier molecular flexibility index (Phi) is 8.87. The lowest BCUT2D eigenvalue weighted by Gasteiger charge is -2.34. The molecule has 2 heterocycles. The number of imidazole rings is 1. The Labute approximate surface area is 202 Å². The van der Waals surface area contributed by atoms with Gasteiger partial charge in [0.15, 0.2) is 5.78 Å². The molecule has 1 fully saturated rings. The van der Waals surface area contributed by atoms with Crippen LogP contribution in [0.25, 0.3) is 0 Å². The Balaban J connectivity index is 0.000000286. The molecule has 1 aromatic heterocycles. The summed E-state index contributed by atoms with van der Waals surface area (Å²) < 4.78 is 2.08. The number of fused-ring (bicyclic) bond motifs is 1. The first-order chi connectivity index (χ1) is 15.8. The number of nitrogens with zero attached hydrogens (tertiary/aromatic N) is 4. The molecule has 33 heavy (non-hydrogen) atoms. The Morgan fingerprint density at radius 2 is 1.97 bits per heavy atom. The number of ketones is 1. The maximum atomic E-state index is 12.5. The van der Waals surface area contributed by atoms with Crippen molar-refractivity contribution in [2.75, 3.05) is 26.7 Å². The third-order valence-corrected chi connectivity index (χ3v) is 6.71. The first-order valence-corrected chi connectivity index (χ1v) is 12.2. The zero-order valence-corrected chi connectivity index (χ0v) is 20.9. The minimum Gasteiger partial charge on any atom is -0.330 e. The highest BCUT2D eigenvalue weighted by Crippen LogP contribution is 2.43. The van der Waals surface area contributed by atoms with Gasteiger partial charge in [-0.25, -0.2) is 4.98 Å². The third kappa shape index (κ3) is 6.55. The number of halogens is 1. The van der Waals surface area contributed by atoms with Crippen molar-refractivity contribution in [2.24, 2.45) is 5.92 Å². The molecule has 1 aliphatic heterocycles. The van der Waals surface area contributed by atoms with Crippen LogP contribution in [0.3, 0.4) is 0 Å². The minimum atomic E-state index is 0.0313. The summed E-state index contributed by atoms with van der Waals surface area (Å²) in [6.07, 6.45) is 8.59. The van der Waals surface area contributed by atoms with Gasteiger partial charge in [0, 0.05) is 31.1 Å². The van der Waals surface area contributed by atoms with Gasteiger partial charge in [-0.2, -0.15) is 0 Å². The molecule has 2 aromatic rings. The molecule has 1 saturated carbocycles. The van der Waals surface area contributed by atoms with E-state index in [1.165, 1.54) is 18.4 Å². The first-order valence-electron chi connectivity index (χ1n) is 11.8. The number of likely N-dealkylation sites (N-methyl/N-ethyl adjacent to an activating group) is 1. The third-order valence-electron chi connectivity index (χ3n) is 6.34. The molecule has 7 heteroatoms. The molecule has 0 saturated heterocycles. The van der Waals surface area contributed by atoms with Crippen LogP contribution >= 0.6 is 11.6 Å². The zero-order valence-electron chi connectivity index (χ0n) is 20.1. The molecule has 1 atom stereocenters. The van der Waals surface area contributed by atoms with E-state index in [9.17, 15) is 9.59 Å². The number of aromatic nitrogens is 2. The van der Waals surface area contributed by atoms with Gasteiger partial charge >= 0.3 is 0 Å². The van der Waals surface area contributed by atoms with E-state index in [1.54, 1.807) is 19.2 Å². The summed E-state index contributed by atoms with van der Waals surface area (Å²) in [6.45, 7) is 8.64. The van der Waals surface area contributed by atoms with Crippen LogP contribution < -0.4 is 0 Å². The van der Waals surface area contributed by atoms with Crippen molar-refractivity contribution in [3.05, 3.63) is 64.7 Å². The summed E-state index contributed by atoms with van der Waals surface area (Å²) >= 11 is 5.82. The van der Waals surface area contributed by atoms with E-state index in [1.807, 2.05) is 42.3 Å². The lowest BCUT2D eigenvalue weighted by molar-refractivity contribution is -0.128. The molecule has 0 bridgehead atoms. The normalized spacial score (nSPS) is 17.6. The van der Waals surface area contributed by atoms with Crippen molar-refractivity contribution >= 4 is 23.3 Å². The van der Waals surface area contributed by atoms with Crippen LogP contribution in [0.15, 0.2) is 42.6 Å². The van der Waals surface area contributed by atoms with Crippen LogP contribution in [0.5, 0.6) is 0 Å². The predicted molar refractivity (Wildman–Crippen MR) is 133 cm³/mol. The van der Waals surface area contributed by atoms with E-state index in [0.717, 1.165) is 30.4 Å². The second-order valence-electron chi connectivity index (χ2n) is 8.81. The van der Waals surface area contributed by atoms with E-state index in [4.69, 9.17) is 11.6 Å². The lowest BCUT2D eigenvalue weighted by atomic mass is 10.1. The molecule has 0 N–H and O–H groups in total. The zero-order chi connectivity index (χ0) is 24.0. The fourth-order valence-electron chi connectivity index (χ4n) is 4.05. The van der Waals surface area contributed by atoms with Gasteiger partial charge in [0.2, 0.25) is 5.91 Å². The standard InChI is InChI=1S/C18H26N4O2.C8H9Cl/c1-4-20(3)9-5-6-18(24)21-11-16(14-7-8-14)22-15(13(2)23)10-19-17(22)12-21;1-2-7-5-3-4-6-8(7)9/h5-6,10,14,16H,4,7-9,11-12H2,1-3H3;3-6H,2H2,1H3/b6-5+;. The quantitative estimate of drug-likeness (QED) is 0.431. The van der Waals surface area contributed by atoms with Crippen molar-refractivity contribution in [1.82, 2.24) is 19.4 Å². The molecule has 1 amide bonds. The summed E-state index contributed by atoms with van der Waals surface area (Å²) in [4.78, 5) is 32.8. The maximum Gasteiger partial charge on any atom is 0.246 e. The molecule has 0 spiro atoms. The molecule has 6 nitrogen and oxygen atoms in total. The molecule has 1 aliphatic carbocycles. The second-order valence-corrected chi connectivity index (χ2v) is 9.22. The average molecular weight is 471 g/mol. The van der Waals surface area contributed by atoms with Gasteiger partial charge in [-0.05, 0) is 50.4 Å². The first kappa shape index (κ1) is 25.2. The maximum absolute atomic E-state index is 12.5. The van der Waals surface area contributed by atoms with Gasteiger partial charge in [-0.15, -0.1) is 0 Å². The molecule has 1 unspecified atom stereocenters. The van der Waals surface area contributed by atoms with E-state index < -0.39 is 0 Å². The second kappa shape index (κ2) is 11.6. The van der Waals surface area contributed by atoms with Crippen molar-refractivity contribution < 1.29 is 9.59 Å². The van der Waals surface area contributed by atoms with Crippen molar-refractivity contribution in [2.45, 2.75) is 52.6 Å². The summed E-state index contributed by atoms with van der Waals surface area (Å²) in [6, 6.07) is 8.10. The summed E-state index contributed by atoms with van der Waals surface area (Å²) in [7, 11) is 2.03. The van der Waals surface area contributed by atoms with E-state index in [-0.39, 0.29) is 17.7 Å². The van der Waals surface area contributed by atoms with Crippen LogP contribution in [0.2, 0.25) is 5.02 Å². The number of rotatable bonds is 7. The Bertz CT molecular complexity index is 996. The van der Waals surface area contributed by atoms with Crippen molar-refractivity contribution in [3.63, 3.8) is 0 Å². The largest absolute Gasteiger partial charge is 0.330 e. The number of hydrogen-bond acceptors (Lipinski definition) is 4. The average Bonchev–Trinajstić information content (AvgIpc) is 3.57. The summed E-state index contributed by atoms with van der Waals surface area (Å²) in [5.41, 5.74) is 1.90. The highest BCUT2D eigenvalue weighted by Gasteiger charge is 2.40. The topological polar surface area (TPSA) is 58.4 Å². The Morgan fingerprint density at radius 1 is 1.24 bits per heavy atom. The van der Waals surface area contributed by atoms with E-state index >= 15 is 0 Å². The van der Waals surface area contributed by atoms with Gasteiger partial charge in [-0.3, -0.25) is 9.59 Å². The monoisotopic (exact) mass is 470 g/mol. The Morgan fingerprint density at radius 3 is 2.55 bits per heavy atom. The molecule has 2 aliphatic rings. The number of carbonyl (C=O) groups excluding carboxylic acids is 2. The van der Waals surface area contributed by atoms with Crippen LogP contribution in [-0.4, -0.2) is 57.7 Å². The smallest absolute Gasteiger partial charge is 0.246 e. The lowest BCUT2D eigenvalue weighted by Crippen LogP contribution is -2.42. The molecular weight excluding hydrogens is 436 g/mol. The van der Waals surface area contributed by atoms with Gasteiger partial charge in [-0.1, -0.05) is 49.7 Å². The van der Waals surface area contributed by atoms with Gasteiger partial charge in [0.05, 0.1) is 18.8 Å². The van der Waals surface area contributed by atoms with Crippen LogP contribution in [0.4, 0.5) is 0 Å². The Hall–Kier alpha value is -2.44. The van der Waals surface area contributed by atoms with Gasteiger partial charge in [0.1, 0.15) is 11.5 Å². The minimum absolute atomic E-state index is 0.0313. The number of aryl methyl sites for hydroxylation is 1. The van der Waals surface area contributed by atoms with E-state index in [0.29, 0.717) is 24.7 Å². The number of Topliss-reactive ketones (excluding diaryl/α,β-unsaturated/α-hetero) is 1. The number of amides is 1. The summed E-state index contributed by atoms with van der Waals surface area (Å²) in [5, 5.41) is 0.875. The van der Waals surface area contributed by atoms with Crippen molar-refractivity contribution in [3.8, 4) is 0 Å². The fraction of sp³-hybridized carbons (Fsp3) is 0.500. The molecule has 178 valence electrons. The van der Waals surface area contributed by atoms with Crippen LogP contribution in [0.1, 0.15) is 61.5 Å². The van der Waals surface area contributed by atoms with Crippen molar-refractivity contribution in [1.29, 1.82) is 0 Å². The predicted octanol–water partition coefficient (Wildman–Crippen LogP) is 4.79. The van der Waals surface area contributed by atoms with Crippen LogP contribution in [-0.2, 0) is 17.8 Å². The molecule has 1 aromatic carbocycles. The summed E-state index contributed by atoms with van der Waals surface area (Å²) in [5.74, 6) is 1.46.